The SMILES string of the molecule is Cc1cccc(Cl)c1NC(=O)c1ccc2nc[nH]c2c1. The fraction of sp³-hybridized carbons (Fsp3) is 0.0667. The highest BCUT2D eigenvalue weighted by Crippen LogP contribution is 2.26. The summed E-state index contributed by atoms with van der Waals surface area (Å²) in [5.74, 6) is -0.197. The molecule has 100 valence electrons. The van der Waals surface area contributed by atoms with Gasteiger partial charge in [0.05, 0.1) is 28.1 Å². The van der Waals surface area contributed by atoms with E-state index in [1.54, 1.807) is 30.6 Å². The van der Waals surface area contributed by atoms with Gasteiger partial charge in [0.2, 0.25) is 0 Å². The lowest BCUT2D eigenvalue weighted by Gasteiger charge is -2.10. The maximum Gasteiger partial charge on any atom is 0.255 e. The first-order chi connectivity index (χ1) is 9.65. The summed E-state index contributed by atoms with van der Waals surface area (Å²) >= 11 is 6.11. The number of nitrogens with zero attached hydrogens (tertiary/aromatic N) is 1. The number of para-hydroxylation sites is 1. The van der Waals surface area contributed by atoms with Crippen LogP contribution in [0.2, 0.25) is 5.02 Å². The van der Waals surface area contributed by atoms with E-state index in [0.29, 0.717) is 16.3 Å². The molecule has 0 unspecified atom stereocenters. The van der Waals surface area contributed by atoms with Gasteiger partial charge >= 0.3 is 0 Å². The molecule has 20 heavy (non-hydrogen) atoms. The van der Waals surface area contributed by atoms with Crippen LogP contribution in [0.15, 0.2) is 42.7 Å². The zero-order valence-corrected chi connectivity index (χ0v) is 11.5. The lowest BCUT2D eigenvalue weighted by molar-refractivity contribution is 0.102. The van der Waals surface area contributed by atoms with Crippen molar-refractivity contribution >= 4 is 34.2 Å². The summed E-state index contributed by atoms with van der Waals surface area (Å²) < 4.78 is 0. The van der Waals surface area contributed by atoms with Gasteiger partial charge in [0.1, 0.15) is 0 Å². The molecular weight excluding hydrogens is 274 g/mol. The first-order valence-electron chi connectivity index (χ1n) is 6.15. The molecule has 0 fully saturated rings. The molecule has 0 aliphatic rings. The summed E-state index contributed by atoms with van der Waals surface area (Å²) in [5.41, 5.74) is 3.78. The number of halogens is 1. The molecule has 0 aliphatic carbocycles. The van der Waals surface area contributed by atoms with E-state index >= 15 is 0 Å². The smallest absolute Gasteiger partial charge is 0.255 e. The third-order valence-corrected chi connectivity index (χ3v) is 3.46. The van der Waals surface area contributed by atoms with Gasteiger partial charge in [-0.1, -0.05) is 23.7 Å². The number of aromatic nitrogens is 2. The Labute approximate surface area is 120 Å². The number of H-pyrrole nitrogens is 1. The maximum absolute atomic E-state index is 12.3. The Morgan fingerprint density at radius 1 is 1.30 bits per heavy atom. The van der Waals surface area contributed by atoms with E-state index in [2.05, 4.69) is 15.3 Å². The van der Waals surface area contributed by atoms with Crippen LogP contribution in [0.25, 0.3) is 11.0 Å². The predicted octanol–water partition coefficient (Wildman–Crippen LogP) is 3.78. The van der Waals surface area contributed by atoms with Crippen LogP contribution in [-0.4, -0.2) is 15.9 Å². The average molecular weight is 286 g/mol. The topological polar surface area (TPSA) is 57.8 Å². The predicted molar refractivity (Wildman–Crippen MR) is 80.2 cm³/mol. The number of amides is 1. The van der Waals surface area contributed by atoms with Crippen molar-refractivity contribution in [2.24, 2.45) is 0 Å². The lowest BCUT2D eigenvalue weighted by atomic mass is 10.1. The van der Waals surface area contributed by atoms with E-state index < -0.39 is 0 Å². The second-order valence-electron chi connectivity index (χ2n) is 4.52. The van der Waals surface area contributed by atoms with Crippen molar-refractivity contribution in [1.82, 2.24) is 9.97 Å². The Morgan fingerprint density at radius 2 is 2.15 bits per heavy atom. The number of carbonyl (C=O) groups excluding carboxylic acids is 1. The molecular formula is C15H12ClN3O. The van der Waals surface area contributed by atoms with Crippen molar-refractivity contribution < 1.29 is 4.79 Å². The zero-order valence-electron chi connectivity index (χ0n) is 10.8. The van der Waals surface area contributed by atoms with Crippen molar-refractivity contribution in [3.8, 4) is 0 Å². The molecule has 0 atom stereocenters. The van der Waals surface area contributed by atoms with E-state index in [4.69, 9.17) is 11.6 Å². The molecule has 0 bridgehead atoms. The molecule has 0 saturated heterocycles. The van der Waals surface area contributed by atoms with E-state index in [-0.39, 0.29) is 5.91 Å². The molecule has 1 heterocycles. The monoisotopic (exact) mass is 285 g/mol. The maximum atomic E-state index is 12.3. The van der Waals surface area contributed by atoms with E-state index in [9.17, 15) is 4.79 Å². The molecule has 2 aromatic carbocycles. The Hall–Kier alpha value is -2.33. The standard InChI is InChI=1S/C15H12ClN3O/c1-9-3-2-4-11(16)14(9)19-15(20)10-5-6-12-13(7-10)18-8-17-12/h2-8H,1H3,(H,17,18)(H,19,20). The van der Waals surface area contributed by atoms with Crippen molar-refractivity contribution in [2.45, 2.75) is 6.92 Å². The molecule has 3 rings (SSSR count). The Morgan fingerprint density at radius 3 is 2.95 bits per heavy atom. The summed E-state index contributed by atoms with van der Waals surface area (Å²) in [6.07, 6.45) is 1.60. The van der Waals surface area contributed by atoms with Crippen LogP contribution in [0, 0.1) is 6.92 Å². The number of nitrogens with one attached hydrogen (secondary N) is 2. The van der Waals surface area contributed by atoms with Crippen LogP contribution in [-0.2, 0) is 0 Å². The highest BCUT2D eigenvalue weighted by atomic mass is 35.5. The summed E-state index contributed by atoms with van der Waals surface area (Å²) in [4.78, 5) is 19.4. The molecule has 1 aromatic heterocycles. The second-order valence-corrected chi connectivity index (χ2v) is 4.93. The third-order valence-electron chi connectivity index (χ3n) is 3.14. The molecule has 0 spiro atoms. The van der Waals surface area contributed by atoms with Crippen molar-refractivity contribution in [3.05, 3.63) is 58.9 Å². The summed E-state index contributed by atoms with van der Waals surface area (Å²) in [6, 6.07) is 10.8. The van der Waals surface area contributed by atoms with Crippen LogP contribution in [0.5, 0.6) is 0 Å². The lowest BCUT2D eigenvalue weighted by Crippen LogP contribution is -2.13. The fourth-order valence-corrected chi connectivity index (χ4v) is 2.32. The number of hydrogen-bond donors (Lipinski definition) is 2. The number of imidazole rings is 1. The third kappa shape index (κ3) is 2.26. The van der Waals surface area contributed by atoms with Crippen LogP contribution in [0.3, 0.4) is 0 Å². The second kappa shape index (κ2) is 4.98. The van der Waals surface area contributed by atoms with Gasteiger partial charge in [0.25, 0.3) is 5.91 Å². The Balaban J connectivity index is 1.92. The molecule has 0 radical (unpaired) electrons. The highest BCUT2D eigenvalue weighted by molar-refractivity contribution is 6.34. The highest BCUT2D eigenvalue weighted by Gasteiger charge is 2.11. The quantitative estimate of drug-likeness (QED) is 0.753. The Kier molecular flexibility index (Phi) is 3.16. The summed E-state index contributed by atoms with van der Waals surface area (Å²) in [7, 11) is 0. The van der Waals surface area contributed by atoms with Gasteiger partial charge in [-0.2, -0.15) is 0 Å². The van der Waals surface area contributed by atoms with Crippen molar-refractivity contribution in [2.75, 3.05) is 5.32 Å². The first kappa shape index (κ1) is 12.7. The molecule has 0 aliphatic heterocycles. The molecule has 1 amide bonds. The summed E-state index contributed by atoms with van der Waals surface area (Å²) in [5, 5.41) is 3.38. The minimum Gasteiger partial charge on any atom is -0.345 e. The molecule has 2 N–H and O–H groups in total. The fourth-order valence-electron chi connectivity index (χ4n) is 2.05. The molecule has 0 saturated carbocycles. The van der Waals surface area contributed by atoms with Gasteiger partial charge in [0.15, 0.2) is 0 Å². The zero-order chi connectivity index (χ0) is 14.1. The van der Waals surface area contributed by atoms with Gasteiger partial charge in [0, 0.05) is 5.56 Å². The number of rotatable bonds is 2. The number of carbonyl (C=O) groups is 1. The van der Waals surface area contributed by atoms with Gasteiger partial charge in [-0.3, -0.25) is 4.79 Å². The van der Waals surface area contributed by atoms with Gasteiger partial charge in [-0.25, -0.2) is 4.98 Å². The number of anilines is 1. The largest absolute Gasteiger partial charge is 0.345 e. The molecule has 5 heteroatoms. The van der Waals surface area contributed by atoms with Crippen molar-refractivity contribution in [3.63, 3.8) is 0 Å². The van der Waals surface area contributed by atoms with Crippen molar-refractivity contribution in [1.29, 1.82) is 0 Å². The first-order valence-corrected chi connectivity index (χ1v) is 6.52. The number of benzene rings is 2. The Bertz CT molecular complexity index is 774. The van der Waals surface area contributed by atoms with E-state index in [1.165, 1.54) is 0 Å². The minimum absolute atomic E-state index is 0.197. The van der Waals surface area contributed by atoms with Gasteiger partial charge < -0.3 is 10.3 Å². The molecule has 3 aromatic rings. The number of aromatic amines is 1. The number of aryl methyl sites for hydroxylation is 1. The molecule has 4 nitrogen and oxygen atoms in total. The van der Waals surface area contributed by atoms with Gasteiger partial charge in [-0.05, 0) is 36.8 Å². The van der Waals surface area contributed by atoms with Crippen LogP contribution >= 0.6 is 11.6 Å². The van der Waals surface area contributed by atoms with Crippen LogP contribution in [0.1, 0.15) is 15.9 Å². The number of fused-ring (bicyclic) bond motifs is 1. The van der Waals surface area contributed by atoms with Crippen LogP contribution < -0.4 is 5.32 Å². The minimum atomic E-state index is -0.197. The van der Waals surface area contributed by atoms with E-state index in [1.807, 2.05) is 19.1 Å². The normalized spacial score (nSPS) is 10.7. The van der Waals surface area contributed by atoms with E-state index in [0.717, 1.165) is 16.6 Å². The average Bonchev–Trinajstić information content (AvgIpc) is 2.90. The number of hydrogen-bond acceptors (Lipinski definition) is 2. The van der Waals surface area contributed by atoms with Gasteiger partial charge in [-0.15, -0.1) is 0 Å². The van der Waals surface area contributed by atoms with Crippen LogP contribution in [0.4, 0.5) is 5.69 Å². The summed E-state index contributed by atoms with van der Waals surface area (Å²) in [6.45, 7) is 1.90.